The van der Waals surface area contributed by atoms with Crippen LogP contribution in [0, 0.1) is 0 Å². The predicted octanol–water partition coefficient (Wildman–Crippen LogP) is 3.57. The van der Waals surface area contributed by atoms with Crippen molar-refractivity contribution in [2.45, 2.75) is 4.90 Å². The quantitative estimate of drug-likeness (QED) is 0.635. The van der Waals surface area contributed by atoms with Gasteiger partial charge >= 0.3 is 0 Å². The Morgan fingerprint density at radius 3 is 2.88 bits per heavy atom. The first-order valence-electron chi connectivity index (χ1n) is 4.79. The molecule has 0 spiro atoms. The monoisotopic (exact) mass is 234 g/mol. The average molecular weight is 234 g/mol. The van der Waals surface area contributed by atoms with Gasteiger partial charge in [-0.1, -0.05) is 54.3 Å². The van der Waals surface area contributed by atoms with Gasteiger partial charge in [-0.2, -0.15) is 0 Å². The maximum absolute atomic E-state index is 12.7. The molecule has 0 amide bonds. The van der Waals surface area contributed by atoms with Crippen LogP contribution >= 0.6 is 11.8 Å². The summed E-state index contributed by atoms with van der Waals surface area (Å²) in [6.45, 7) is 3.58. The molecule has 4 heteroatoms. The van der Waals surface area contributed by atoms with E-state index in [1.807, 2.05) is 36.4 Å². The van der Waals surface area contributed by atoms with Crippen LogP contribution in [-0.4, -0.2) is 0 Å². The molecule has 2 nitrogen and oxygen atoms in total. The molecule has 0 saturated heterocycles. The lowest BCUT2D eigenvalue weighted by molar-refractivity contribution is 0.335. The van der Waals surface area contributed by atoms with E-state index in [2.05, 4.69) is 6.58 Å². The van der Waals surface area contributed by atoms with Gasteiger partial charge in [-0.25, -0.2) is 5.01 Å². The first kappa shape index (κ1) is 11.0. The first-order chi connectivity index (χ1) is 7.86. The highest BCUT2D eigenvalue weighted by Crippen LogP contribution is 2.44. The second-order valence-electron chi connectivity index (χ2n) is 3.12. The zero-order valence-corrected chi connectivity index (χ0v) is 9.38. The molecule has 2 rings (SSSR count). The molecule has 0 saturated carbocycles. The molecule has 82 valence electrons. The smallest absolute Gasteiger partial charge is 0.0981 e. The maximum Gasteiger partial charge on any atom is 0.0981 e. The van der Waals surface area contributed by atoms with Crippen molar-refractivity contribution < 1.29 is 4.48 Å². The SMILES string of the molecule is C=C/C=C\C=C1\Sc2ccccc2N1NF. The van der Waals surface area contributed by atoms with Crippen LogP contribution < -0.4 is 10.7 Å². The fourth-order valence-electron chi connectivity index (χ4n) is 1.42. The molecule has 0 unspecified atom stereocenters. The van der Waals surface area contributed by atoms with E-state index in [9.17, 15) is 4.48 Å². The summed E-state index contributed by atoms with van der Waals surface area (Å²) in [6, 6.07) is 7.65. The summed E-state index contributed by atoms with van der Waals surface area (Å²) >= 11 is 1.52. The van der Waals surface area contributed by atoms with Crippen LogP contribution in [0.1, 0.15) is 0 Å². The zero-order valence-electron chi connectivity index (χ0n) is 8.56. The van der Waals surface area contributed by atoms with Crippen molar-refractivity contribution in [2.24, 2.45) is 0 Å². The van der Waals surface area contributed by atoms with Crippen LogP contribution in [0.4, 0.5) is 10.2 Å². The number of allylic oxidation sites excluding steroid dienone is 4. The summed E-state index contributed by atoms with van der Waals surface area (Å²) in [6.07, 6.45) is 7.13. The number of halogens is 1. The molecule has 1 N–H and O–H groups in total. The van der Waals surface area contributed by atoms with Crippen LogP contribution in [0.5, 0.6) is 0 Å². The van der Waals surface area contributed by atoms with E-state index in [1.54, 1.807) is 17.8 Å². The Morgan fingerprint density at radius 1 is 1.31 bits per heavy atom. The van der Waals surface area contributed by atoms with Gasteiger partial charge in [0.05, 0.1) is 10.7 Å². The van der Waals surface area contributed by atoms with E-state index in [1.165, 1.54) is 16.8 Å². The zero-order chi connectivity index (χ0) is 11.4. The highest BCUT2D eigenvalue weighted by atomic mass is 32.2. The number of fused-ring (bicyclic) bond motifs is 1. The Labute approximate surface area is 98.1 Å². The molecular formula is C12H11FN2S. The predicted molar refractivity (Wildman–Crippen MR) is 66.4 cm³/mol. The number of hydrazine groups is 1. The lowest BCUT2D eigenvalue weighted by atomic mass is 10.3. The molecule has 1 aromatic rings. The molecule has 1 aliphatic rings. The minimum absolute atomic E-state index is 0.793. The summed E-state index contributed by atoms with van der Waals surface area (Å²) in [5, 5.41) is 2.20. The van der Waals surface area contributed by atoms with Gasteiger partial charge in [-0.15, -0.1) is 4.48 Å². The normalized spacial score (nSPS) is 17.1. The Hall–Kier alpha value is -1.52. The van der Waals surface area contributed by atoms with Crippen LogP contribution in [0.15, 0.2) is 65.1 Å². The molecule has 0 fully saturated rings. The molecule has 0 aliphatic carbocycles. The standard InChI is InChI=1S/C12H11FN2S/c1-2-3-4-9-12-15(14-13)10-7-5-6-8-11(10)16-12/h2-9,14H,1H2/b4-3-,12-9+. The third-order valence-corrected chi connectivity index (χ3v) is 3.20. The van der Waals surface area contributed by atoms with E-state index in [-0.39, 0.29) is 0 Å². The van der Waals surface area contributed by atoms with E-state index in [4.69, 9.17) is 0 Å². The van der Waals surface area contributed by atoms with Crippen molar-refractivity contribution in [1.29, 1.82) is 0 Å². The summed E-state index contributed by atoms with van der Waals surface area (Å²) in [7, 11) is 0. The van der Waals surface area contributed by atoms with Crippen molar-refractivity contribution in [3.63, 3.8) is 0 Å². The Balaban J connectivity index is 2.30. The number of rotatable bonds is 3. The van der Waals surface area contributed by atoms with Crippen LogP contribution in [0.3, 0.4) is 0 Å². The Morgan fingerprint density at radius 2 is 2.12 bits per heavy atom. The summed E-state index contributed by atoms with van der Waals surface area (Å²) in [5.74, 6) is 0. The van der Waals surface area contributed by atoms with Crippen LogP contribution in [0.2, 0.25) is 0 Å². The van der Waals surface area contributed by atoms with Crippen molar-refractivity contribution in [1.82, 2.24) is 5.65 Å². The van der Waals surface area contributed by atoms with Crippen LogP contribution in [0.25, 0.3) is 0 Å². The lowest BCUT2D eigenvalue weighted by Gasteiger charge is -2.14. The fraction of sp³-hybridized carbons (Fsp3) is 0. The lowest BCUT2D eigenvalue weighted by Crippen LogP contribution is -2.27. The molecular weight excluding hydrogens is 223 g/mol. The number of nitrogens with zero attached hydrogens (tertiary/aromatic N) is 1. The van der Waals surface area contributed by atoms with E-state index in [0.717, 1.165) is 15.6 Å². The molecule has 0 atom stereocenters. The number of thioether (sulfide) groups is 1. The third-order valence-electron chi connectivity index (χ3n) is 2.11. The van der Waals surface area contributed by atoms with E-state index in [0.29, 0.717) is 0 Å². The number of hydrogen-bond donors (Lipinski definition) is 1. The maximum atomic E-state index is 12.7. The topological polar surface area (TPSA) is 15.3 Å². The Bertz CT molecular complexity index is 454. The van der Waals surface area contributed by atoms with Crippen molar-refractivity contribution in [3.05, 3.63) is 60.2 Å². The van der Waals surface area contributed by atoms with Gasteiger partial charge in [-0.05, 0) is 18.2 Å². The van der Waals surface area contributed by atoms with Gasteiger partial charge in [0.25, 0.3) is 0 Å². The summed E-state index contributed by atoms with van der Waals surface area (Å²) < 4.78 is 12.7. The number of anilines is 1. The largest absolute Gasteiger partial charge is 0.242 e. The third kappa shape index (κ3) is 2.03. The van der Waals surface area contributed by atoms with Gasteiger partial charge in [0.1, 0.15) is 0 Å². The highest BCUT2D eigenvalue weighted by molar-refractivity contribution is 8.03. The molecule has 0 aromatic heterocycles. The molecule has 0 radical (unpaired) electrons. The molecule has 1 heterocycles. The van der Waals surface area contributed by atoms with Crippen LogP contribution in [-0.2, 0) is 0 Å². The molecule has 1 aliphatic heterocycles. The second kappa shape index (κ2) is 5.01. The van der Waals surface area contributed by atoms with Gasteiger partial charge in [0.15, 0.2) is 0 Å². The van der Waals surface area contributed by atoms with E-state index < -0.39 is 0 Å². The minimum Gasteiger partial charge on any atom is -0.242 e. The van der Waals surface area contributed by atoms with Crippen molar-refractivity contribution in [2.75, 3.05) is 5.01 Å². The average Bonchev–Trinajstić information content (AvgIpc) is 2.67. The number of benzene rings is 1. The Kier molecular flexibility index (Phi) is 3.44. The van der Waals surface area contributed by atoms with Gasteiger partial charge in [0.2, 0.25) is 0 Å². The molecule has 16 heavy (non-hydrogen) atoms. The van der Waals surface area contributed by atoms with Gasteiger partial charge < -0.3 is 0 Å². The molecule has 1 aromatic carbocycles. The van der Waals surface area contributed by atoms with Gasteiger partial charge in [-0.3, -0.25) is 0 Å². The fourth-order valence-corrected chi connectivity index (χ4v) is 2.42. The summed E-state index contributed by atoms with van der Waals surface area (Å²) in [4.78, 5) is 1.03. The van der Waals surface area contributed by atoms with Gasteiger partial charge in [0, 0.05) is 4.90 Å². The first-order valence-corrected chi connectivity index (χ1v) is 5.61. The molecule has 0 bridgehead atoms. The second-order valence-corrected chi connectivity index (χ2v) is 4.18. The number of hydrogen-bond acceptors (Lipinski definition) is 3. The highest BCUT2D eigenvalue weighted by Gasteiger charge is 2.24. The number of para-hydroxylation sites is 1. The van der Waals surface area contributed by atoms with Crippen molar-refractivity contribution in [3.8, 4) is 0 Å². The van der Waals surface area contributed by atoms with Crippen molar-refractivity contribution >= 4 is 17.4 Å². The van der Waals surface area contributed by atoms with E-state index >= 15 is 0 Å². The number of nitrogens with one attached hydrogen (secondary N) is 1. The summed E-state index contributed by atoms with van der Waals surface area (Å²) in [5.41, 5.74) is 2.51. The minimum atomic E-state index is 0.793.